The van der Waals surface area contributed by atoms with Crippen LogP contribution in [0.5, 0.6) is 5.75 Å². The number of carbonyl (C=O) groups is 1. The van der Waals surface area contributed by atoms with Crippen molar-refractivity contribution in [3.8, 4) is 5.75 Å². The molecule has 1 aliphatic rings. The first-order valence-corrected chi connectivity index (χ1v) is 7.38. The van der Waals surface area contributed by atoms with Crippen LogP contribution in [0.3, 0.4) is 0 Å². The van der Waals surface area contributed by atoms with Crippen LogP contribution in [0, 0.1) is 0 Å². The highest BCUT2D eigenvalue weighted by Gasteiger charge is 2.24. The third-order valence-electron chi connectivity index (χ3n) is 3.84. The first-order chi connectivity index (χ1) is 10.6. The number of aromatic amines is 1. The summed E-state index contributed by atoms with van der Waals surface area (Å²) in [6, 6.07) is 5.23. The lowest BCUT2D eigenvalue weighted by atomic mass is 10.1. The molecule has 3 rings (SSSR count). The largest absolute Gasteiger partial charge is 0.495 e. The van der Waals surface area contributed by atoms with Gasteiger partial charge in [0.05, 0.1) is 12.1 Å². The zero-order valence-electron chi connectivity index (χ0n) is 12.9. The second-order valence-corrected chi connectivity index (χ2v) is 5.55. The summed E-state index contributed by atoms with van der Waals surface area (Å²) in [5.41, 5.74) is 3.12. The van der Waals surface area contributed by atoms with E-state index in [1.807, 2.05) is 0 Å². The number of methoxy groups -OCH3 is 1. The van der Waals surface area contributed by atoms with Crippen molar-refractivity contribution in [3.05, 3.63) is 40.2 Å². The minimum absolute atomic E-state index is 0. The molecule has 1 aromatic carbocycles. The summed E-state index contributed by atoms with van der Waals surface area (Å²) in [5, 5.41) is 10.9. The Hall–Kier alpha value is -1.76. The number of amides is 1. The number of nitrogens with one attached hydrogen (secondary N) is 2. The lowest BCUT2D eigenvalue weighted by Gasteiger charge is -2.19. The van der Waals surface area contributed by atoms with Gasteiger partial charge in [0.2, 0.25) is 0 Å². The molecule has 23 heavy (non-hydrogen) atoms. The van der Waals surface area contributed by atoms with E-state index >= 15 is 0 Å². The molecule has 0 atom stereocenters. The Bertz CT molecular complexity index is 717. The van der Waals surface area contributed by atoms with Crippen molar-refractivity contribution in [1.82, 2.24) is 15.5 Å². The van der Waals surface area contributed by atoms with E-state index in [9.17, 15) is 4.79 Å². The normalized spacial score (nSPS) is 13.0. The van der Waals surface area contributed by atoms with Crippen LogP contribution < -0.4 is 15.0 Å². The molecule has 1 amide bonds. The molecular weight excluding hydrogens is 339 g/mol. The lowest BCUT2D eigenvalue weighted by molar-refractivity contribution is 0.0987. The van der Waals surface area contributed by atoms with Crippen LogP contribution in [0.4, 0.5) is 5.69 Å². The summed E-state index contributed by atoms with van der Waals surface area (Å²) in [6.07, 6.45) is 0.855. The van der Waals surface area contributed by atoms with Gasteiger partial charge >= 0.3 is 0 Å². The molecule has 2 aromatic rings. The first-order valence-electron chi connectivity index (χ1n) is 7.00. The number of ether oxygens (including phenoxy) is 1. The number of rotatable bonds is 3. The second kappa shape index (κ2) is 7.21. The van der Waals surface area contributed by atoms with Gasteiger partial charge in [0.15, 0.2) is 5.69 Å². The SMILES string of the molecule is COc1ccc(N(C)C(=O)c2n[nH]c3c2CNCC3)cc1Cl.Cl. The van der Waals surface area contributed by atoms with Crippen molar-refractivity contribution < 1.29 is 9.53 Å². The number of hydrogen-bond donors (Lipinski definition) is 2. The van der Waals surface area contributed by atoms with Gasteiger partial charge in [-0.3, -0.25) is 9.89 Å². The summed E-state index contributed by atoms with van der Waals surface area (Å²) in [6.45, 7) is 1.55. The molecule has 2 N–H and O–H groups in total. The van der Waals surface area contributed by atoms with E-state index in [1.54, 1.807) is 32.4 Å². The predicted molar refractivity (Wildman–Crippen MR) is 92.0 cm³/mol. The Balaban J connectivity index is 0.00000192. The fourth-order valence-corrected chi connectivity index (χ4v) is 2.79. The fraction of sp³-hybridized carbons (Fsp3) is 0.333. The van der Waals surface area contributed by atoms with Crippen molar-refractivity contribution in [2.24, 2.45) is 0 Å². The number of nitrogens with zero attached hydrogens (tertiary/aromatic N) is 2. The molecule has 0 spiro atoms. The quantitative estimate of drug-likeness (QED) is 0.885. The van der Waals surface area contributed by atoms with Crippen molar-refractivity contribution in [1.29, 1.82) is 0 Å². The molecular formula is C15H18Cl2N4O2. The van der Waals surface area contributed by atoms with Gasteiger partial charge in [0.25, 0.3) is 5.91 Å². The van der Waals surface area contributed by atoms with E-state index in [-0.39, 0.29) is 18.3 Å². The maximum Gasteiger partial charge on any atom is 0.278 e. The molecule has 1 aromatic heterocycles. The zero-order chi connectivity index (χ0) is 15.7. The molecule has 0 radical (unpaired) electrons. The number of carbonyl (C=O) groups excluding carboxylic acids is 1. The highest BCUT2D eigenvalue weighted by atomic mass is 35.5. The van der Waals surface area contributed by atoms with E-state index in [2.05, 4.69) is 15.5 Å². The number of benzene rings is 1. The highest BCUT2D eigenvalue weighted by molar-refractivity contribution is 6.32. The first kappa shape index (κ1) is 17.6. The Morgan fingerprint density at radius 3 is 2.91 bits per heavy atom. The monoisotopic (exact) mass is 356 g/mol. The highest BCUT2D eigenvalue weighted by Crippen LogP contribution is 2.29. The van der Waals surface area contributed by atoms with E-state index in [1.165, 1.54) is 4.90 Å². The minimum Gasteiger partial charge on any atom is -0.495 e. The smallest absolute Gasteiger partial charge is 0.278 e. The Kier molecular flexibility index (Phi) is 5.51. The summed E-state index contributed by atoms with van der Waals surface area (Å²) in [4.78, 5) is 14.2. The van der Waals surface area contributed by atoms with Gasteiger partial charge in [-0.1, -0.05) is 11.6 Å². The Morgan fingerprint density at radius 2 is 2.22 bits per heavy atom. The predicted octanol–water partition coefficient (Wildman–Crippen LogP) is 2.42. The zero-order valence-corrected chi connectivity index (χ0v) is 14.4. The molecule has 0 aliphatic carbocycles. The molecule has 0 bridgehead atoms. The van der Waals surface area contributed by atoms with Crippen molar-refractivity contribution >= 4 is 35.6 Å². The number of fused-ring (bicyclic) bond motifs is 1. The maximum atomic E-state index is 12.7. The molecule has 0 unspecified atom stereocenters. The molecule has 0 saturated carbocycles. The average molecular weight is 357 g/mol. The van der Waals surface area contributed by atoms with Crippen LogP contribution in [-0.4, -0.2) is 36.8 Å². The number of hydrogen-bond acceptors (Lipinski definition) is 4. The van der Waals surface area contributed by atoms with Crippen LogP contribution in [0.2, 0.25) is 5.02 Å². The van der Waals surface area contributed by atoms with Gasteiger partial charge in [0, 0.05) is 43.5 Å². The van der Waals surface area contributed by atoms with Crippen LogP contribution in [0.15, 0.2) is 18.2 Å². The Morgan fingerprint density at radius 1 is 1.43 bits per heavy atom. The van der Waals surface area contributed by atoms with Crippen LogP contribution in [-0.2, 0) is 13.0 Å². The number of anilines is 1. The molecule has 8 heteroatoms. The summed E-state index contributed by atoms with van der Waals surface area (Å²) in [5.74, 6) is 0.412. The van der Waals surface area contributed by atoms with Crippen molar-refractivity contribution in [3.63, 3.8) is 0 Å². The van der Waals surface area contributed by atoms with Gasteiger partial charge in [-0.05, 0) is 18.2 Å². The van der Waals surface area contributed by atoms with Crippen LogP contribution in [0.1, 0.15) is 21.7 Å². The van der Waals surface area contributed by atoms with Crippen LogP contribution >= 0.6 is 24.0 Å². The molecule has 2 heterocycles. The van der Waals surface area contributed by atoms with Gasteiger partial charge in [-0.15, -0.1) is 12.4 Å². The molecule has 1 aliphatic heterocycles. The van der Waals surface area contributed by atoms with Crippen molar-refractivity contribution in [2.45, 2.75) is 13.0 Å². The Labute approximate surface area is 145 Å². The van der Waals surface area contributed by atoms with Crippen molar-refractivity contribution in [2.75, 3.05) is 25.6 Å². The average Bonchev–Trinajstić information content (AvgIpc) is 2.97. The van der Waals surface area contributed by atoms with Gasteiger partial charge in [-0.2, -0.15) is 5.10 Å². The molecule has 0 saturated heterocycles. The number of H-pyrrole nitrogens is 1. The van der Waals surface area contributed by atoms with Gasteiger partial charge in [-0.25, -0.2) is 0 Å². The van der Waals surface area contributed by atoms with Crippen LogP contribution in [0.25, 0.3) is 0 Å². The third-order valence-corrected chi connectivity index (χ3v) is 4.13. The summed E-state index contributed by atoms with van der Waals surface area (Å²) < 4.78 is 5.13. The molecule has 124 valence electrons. The number of aromatic nitrogens is 2. The number of halogens is 2. The fourth-order valence-electron chi connectivity index (χ4n) is 2.54. The minimum atomic E-state index is -0.164. The summed E-state index contributed by atoms with van der Waals surface area (Å²) >= 11 is 6.12. The topological polar surface area (TPSA) is 70.2 Å². The van der Waals surface area contributed by atoms with E-state index in [4.69, 9.17) is 16.3 Å². The van der Waals surface area contributed by atoms with E-state index in [0.29, 0.717) is 28.7 Å². The maximum absolute atomic E-state index is 12.7. The standard InChI is InChI=1S/C15H17ClN4O2.ClH/c1-20(9-3-4-13(22-2)11(16)7-9)15(21)14-10-8-17-6-5-12(10)18-19-14;/h3-4,7,17H,5-6,8H2,1-2H3,(H,18,19);1H. The second-order valence-electron chi connectivity index (χ2n) is 5.14. The molecule has 6 nitrogen and oxygen atoms in total. The van der Waals surface area contributed by atoms with Gasteiger partial charge in [0.1, 0.15) is 5.75 Å². The lowest BCUT2D eigenvalue weighted by Crippen LogP contribution is -2.30. The summed E-state index contributed by atoms with van der Waals surface area (Å²) in [7, 11) is 3.26. The van der Waals surface area contributed by atoms with E-state index < -0.39 is 0 Å². The van der Waals surface area contributed by atoms with E-state index in [0.717, 1.165) is 24.2 Å². The third kappa shape index (κ3) is 3.29. The van der Waals surface area contributed by atoms with Gasteiger partial charge < -0.3 is 15.0 Å². The molecule has 0 fully saturated rings.